The van der Waals surface area contributed by atoms with Crippen LogP contribution >= 0.6 is 15.9 Å². The number of likely N-dealkylation sites (tertiary alicyclic amines) is 1. The molecule has 28 heavy (non-hydrogen) atoms. The lowest BCUT2D eigenvalue weighted by atomic mass is 9.93. The van der Waals surface area contributed by atoms with Gasteiger partial charge in [0, 0.05) is 16.6 Å². The first-order valence-corrected chi connectivity index (χ1v) is 9.89. The van der Waals surface area contributed by atoms with Crippen LogP contribution in [0.2, 0.25) is 0 Å². The summed E-state index contributed by atoms with van der Waals surface area (Å²) < 4.78 is 0.858. The van der Waals surface area contributed by atoms with Gasteiger partial charge in [-0.15, -0.1) is 6.58 Å². The molecule has 4 nitrogen and oxygen atoms in total. The third kappa shape index (κ3) is 3.67. The summed E-state index contributed by atoms with van der Waals surface area (Å²) in [7, 11) is 0. The molecule has 1 N–H and O–H groups in total. The summed E-state index contributed by atoms with van der Waals surface area (Å²) in [6.07, 6.45) is 1.58. The third-order valence-electron chi connectivity index (χ3n) is 4.90. The van der Waals surface area contributed by atoms with E-state index in [-0.39, 0.29) is 17.9 Å². The lowest BCUT2D eigenvalue weighted by Gasteiger charge is -2.24. The Balaban J connectivity index is 2.15. The number of rotatable bonds is 5. The number of carbonyl (C=O) groups is 2. The van der Waals surface area contributed by atoms with E-state index in [1.165, 1.54) is 4.90 Å². The lowest BCUT2D eigenvalue weighted by Crippen LogP contribution is -2.29. The van der Waals surface area contributed by atoms with Gasteiger partial charge in [0.15, 0.2) is 0 Å². The van der Waals surface area contributed by atoms with Crippen molar-refractivity contribution in [2.45, 2.75) is 25.8 Å². The minimum absolute atomic E-state index is 0.103. The molecule has 0 aliphatic carbocycles. The maximum atomic E-state index is 12.8. The molecule has 2 aromatic carbocycles. The number of ketones is 1. The standard InChI is InChI=1S/C23H22BrNO3/c1-4-13-25-20(16-7-5-15(6-8-16)14(2)3)19(22(27)23(25)28)21(26)17-9-11-18(24)12-10-17/h4-12,14,20,26H,1,13H2,2-3H3/b21-19-. The minimum Gasteiger partial charge on any atom is -0.507 e. The Labute approximate surface area is 173 Å². The summed E-state index contributed by atoms with van der Waals surface area (Å²) >= 11 is 3.36. The minimum atomic E-state index is -0.680. The first-order valence-electron chi connectivity index (χ1n) is 9.10. The number of aliphatic hydroxyl groups excluding tert-OH is 1. The van der Waals surface area contributed by atoms with Crippen LogP contribution in [-0.2, 0) is 9.59 Å². The van der Waals surface area contributed by atoms with Gasteiger partial charge >= 0.3 is 0 Å². The first kappa shape index (κ1) is 20.1. The Kier molecular flexibility index (Phi) is 5.84. The predicted octanol–water partition coefficient (Wildman–Crippen LogP) is 5.18. The molecule has 1 heterocycles. The van der Waals surface area contributed by atoms with Crippen molar-refractivity contribution in [1.82, 2.24) is 4.90 Å². The quantitative estimate of drug-likeness (QED) is 0.302. The largest absolute Gasteiger partial charge is 0.507 e. The lowest BCUT2D eigenvalue weighted by molar-refractivity contribution is -0.139. The van der Waals surface area contributed by atoms with E-state index in [2.05, 4.69) is 36.4 Å². The second-order valence-corrected chi connectivity index (χ2v) is 7.98. The number of benzene rings is 2. The van der Waals surface area contributed by atoms with Crippen LogP contribution in [-0.4, -0.2) is 28.2 Å². The van der Waals surface area contributed by atoms with Crippen molar-refractivity contribution < 1.29 is 14.7 Å². The molecule has 0 saturated carbocycles. The van der Waals surface area contributed by atoms with Gasteiger partial charge in [0.1, 0.15) is 5.76 Å². The zero-order chi connectivity index (χ0) is 20.4. The highest BCUT2D eigenvalue weighted by Gasteiger charge is 2.45. The molecule has 1 saturated heterocycles. The van der Waals surface area contributed by atoms with Crippen LogP contribution in [0.1, 0.15) is 42.5 Å². The number of halogens is 1. The van der Waals surface area contributed by atoms with Gasteiger partial charge in [0.25, 0.3) is 11.7 Å². The van der Waals surface area contributed by atoms with Crippen molar-refractivity contribution in [1.29, 1.82) is 0 Å². The monoisotopic (exact) mass is 439 g/mol. The Hall–Kier alpha value is -2.66. The molecular formula is C23H22BrNO3. The number of aliphatic hydroxyl groups is 1. The molecule has 0 radical (unpaired) electrons. The molecule has 3 rings (SSSR count). The van der Waals surface area contributed by atoms with E-state index in [9.17, 15) is 14.7 Å². The molecule has 0 spiro atoms. The summed E-state index contributed by atoms with van der Waals surface area (Å²) in [5, 5.41) is 10.9. The van der Waals surface area contributed by atoms with Crippen molar-refractivity contribution in [2.75, 3.05) is 6.54 Å². The van der Waals surface area contributed by atoms with Crippen LogP contribution in [0.5, 0.6) is 0 Å². The second-order valence-electron chi connectivity index (χ2n) is 7.07. The van der Waals surface area contributed by atoms with Gasteiger partial charge in [-0.3, -0.25) is 9.59 Å². The molecule has 1 unspecified atom stereocenters. The SMILES string of the molecule is C=CCN1C(=O)C(=O)/C(=C(\O)c2ccc(Br)cc2)C1c1ccc(C(C)C)cc1. The average Bonchev–Trinajstić information content (AvgIpc) is 2.93. The zero-order valence-electron chi connectivity index (χ0n) is 15.9. The molecule has 1 aliphatic heterocycles. The number of amides is 1. The van der Waals surface area contributed by atoms with Gasteiger partial charge in [-0.1, -0.05) is 72.3 Å². The summed E-state index contributed by atoms with van der Waals surface area (Å²) in [6.45, 7) is 8.13. The van der Waals surface area contributed by atoms with Crippen LogP contribution in [0.4, 0.5) is 0 Å². The van der Waals surface area contributed by atoms with Crippen molar-refractivity contribution in [3.05, 3.63) is 87.9 Å². The van der Waals surface area contributed by atoms with Crippen molar-refractivity contribution in [3.63, 3.8) is 0 Å². The van der Waals surface area contributed by atoms with E-state index < -0.39 is 17.7 Å². The highest BCUT2D eigenvalue weighted by Crippen LogP contribution is 2.39. The van der Waals surface area contributed by atoms with E-state index in [0.29, 0.717) is 11.5 Å². The van der Waals surface area contributed by atoms with Gasteiger partial charge in [-0.25, -0.2) is 0 Å². The molecule has 1 aliphatic rings. The molecule has 2 aromatic rings. The van der Waals surface area contributed by atoms with Crippen LogP contribution in [0.3, 0.4) is 0 Å². The zero-order valence-corrected chi connectivity index (χ0v) is 17.4. The molecule has 144 valence electrons. The van der Waals surface area contributed by atoms with Gasteiger partial charge in [0.2, 0.25) is 0 Å². The van der Waals surface area contributed by atoms with E-state index in [1.54, 1.807) is 30.3 Å². The molecule has 1 atom stereocenters. The first-order chi connectivity index (χ1) is 13.3. The van der Waals surface area contributed by atoms with Gasteiger partial charge < -0.3 is 10.0 Å². The van der Waals surface area contributed by atoms with E-state index in [4.69, 9.17) is 0 Å². The van der Waals surface area contributed by atoms with Gasteiger partial charge in [-0.2, -0.15) is 0 Å². The van der Waals surface area contributed by atoms with Gasteiger partial charge in [-0.05, 0) is 29.2 Å². The average molecular weight is 440 g/mol. The molecule has 1 amide bonds. The Morgan fingerprint density at radius 1 is 1.14 bits per heavy atom. The molecule has 1 fully saturated rings. The number of hydrogen-bond acceptors (Lipinski definition) is 3. The van der Waals surface area contributed by atoms with E-state index >= 15 is 0 Å². The van der Waals surface area contributed by atoms with Crippen LogP contribution in [0, 0.1) is 0 Å². The van der Waals surface area contributed by atoms with Crippen LogP contribution in [0.25, 0.3) is 5.76 Å². The number of hydrogen-bond donors (Lipinski definition) is 1. The highest BCUT2D eigenvalue weighted by atomic mass is 79.9. The highest BCUT2D eigenvalue weighted by molar-refractivity contribution is 9.10. The molecule has 0 bridgehead atoms. The number of carbonyl (C=O) groups excluding carboxylic acids is 2. The molecule has 0 aromatic heterocycles. The van der Waals surface area contributed by atoms with E-state index in [1.807, 2.05) is 24.3 Å². The second kappa shape index (κ2) is 8.15. The summed E-state index contributed by atoms with van der Waals surface area (Å²) in [5.74, 6) is -1.11. The summed E-state index contributed by atoms with van der Waals surface area (Å²) in [6, 6.07) is 14.1. The summed E-state index contributed by atoms with van der Waals surface area (Å²) in [5.41, 5.74) is 2.54. The number of Topliss-reactive ketones (excluding diaryl/α,β-unsaturated/α-hetero) is 1. The Morgan fingerprint density at radius 3 is 2.29 bits per heavy atom. The predicted molar refractivity (Wildman–Crippen MR) is 114 cm³/mol. The fourth-order valence-electron chi connectivity index (χ4n) is 3.38. The molecule has 5 heteroatoms. The Morgan fingerprint density at radius 2 is 1.75 bits per heavy atom. The fourth-order valence-corrected chi connectivity index (χ4v) is 3.64. The van der Waals surface area contributed by atoms with Crippen LogP contribution in [0.15, 0.2) is 71.2 Å². The third-order valence-corrected chi connectivity index (χ3v) is 5.43. The molecular weight excluding hydrogens is 418 g/mol. The maximum Gasteiger partial charge on any atom is 0.295 e. The van der Waals surface area contributed by atoms with Crippen molar-refractivity contribution >= 4 is 33.4 Å². The van der Waals surface area contributed by atoms with Crippen molar-refractivity contribution in [3.8, 4) is 0 Å². The normalized spacial score (nSPS) is 18.7. The summed E-state index contributed by atoms with van der Waals surface area (Å²) in [4.78, 5) is 26.9. The Bertz CT molecular complexity index is 943. The van der Waals surface area contributed by atoms with E-state index in [0.717, 1.165) is 15.6 Å². The topological polar surface area (TPSA) is 57.6 Å². The van der Waals surface area contributed by atoms with Crippen molar-refractivity contribution in [2.24, 2.45) is 0 Å². The maximum absolute atomic E-state index is 12.8. The smallest absolute Gasteiger partial charge is 0.295 e. The van der Waals surface area contributed by atoms with Crippen LogP contribution < -0.4 is 0 Å². The fraction of sp³-hybridized carbons (Fsp3) is 0.217. The number of nitrogens with zero attached hydrogens (tertiary/aromatic N) is 1. The van der Waals surface area contributed by atoms with Gasteiger partial charge in [0.05, 0.1) is 11.6 Å².